The third kappa shape index (κ3) is 15.8. The fraction of sp³-hybridized carbons (Fsp3) is 0.714. The van der Waals surface area contributed by atoms with Crippen molar-refractivity contribution in [2.45, 2.75) is 95.5 Å². The molecule has 1 rings (SSSR count). The van der Waals surface area contributed by atoms with Gasteiger partial charge in [-0.25, -0.2) is 0 Å². The third-order valence-corrected chi connectivity index (χ3v) is 5.25. The fourth-order valence-corrected chi connectivity index (χ4v) is 3.12. The van der Waals surface area contributed by atoms with Crippen LogP contribution in [0.25, 0.3) is 0 Å². The van der Waals surface area contributed by atoms with Gasteiger partial charge in [-0.1, -0.05) is 76.8 Å². The Hall–Kier alpha value is -0.950. The Labute approximate surface area is 166 Å². The van der Waals surface area contributed by atoms with Crippen molar-refractivity contribution in [3.8, 4) is 0 Å². The van der Waals surface area contributed by atoms with E-state index < -0.39 is 10.1 Å². The molecule has 0 heterocycles. The lowest BCUT2D eigenvalue weighted by Gasteiger charge is -2.04. The van der Waals surface area contributed by atoms with Crippen molar-refractivity contribution in [2.24, 2.45) is 5.73 Å². The lowest BCUT2D eigenvalue weighted by Crippen LogP contribution is -2.14. The van der Waals surface area contributed by atoms with Crippen LogP contribution in [0.2, 0.25) is 0 Å². The summed E-state index contributed by atoms with van der Waals surface area (Å²) in [6, 6.07) is 6.52. The Morgan fingerprint density at radius 2 is 1.30 bits per heavy atom. The maximum atomic E-state index is 10.9. The molecule has 6 heteroatoms. The number of aliphatic hydroxyl groups is 1. The predicted molar refractivity (Wildman–Crippen MR) is 113 cm³/mol. The van der Waals surface area contributed by atoms with Crippen molar-refractivity contribution >= 4 is 10.1 Å². The van der Waals surface area contributed by atoms with Gasteiger partial charge in [0.2, 0.25) is 0 Å². The number of hydrogen-bond donors (Lipinski definition) is 3. The van der Waals surface area contributed by atoms with Gasteiger partial charge in [-0.15, -0.1) is 0 Å². The second-order valence-electron chi connectivity index (χ2n) is 7.14. The zero-order chi connectivity index (χ0) is 20.5. The molecule has 0 saturated heterocycles. The maximum absolute atomic E-state index is 10.9. The van der Waals surface area contributed by atoms with Gasteiger partial charge in [-0.05, 0) is 37.5 Å². The van der Waals surface area contributed by atoms with Gasteiger partial charge in [0.15, 0.2) is 0 Å². The zero-order valence-electron chi connectivity index (χ0n) is 17.1. The normalized spacial score (nSPS) is 12.3. The van der Waals surface area contributed by atoms with E-state index in [0.717, 1.165) is 18.4 Å². The topological polar surface area (TPSA) is 101 Å². The van der Waals surface area contributed by atoms with Crippen molar-refractivity contribution in [3.05, 3.63) is 29.8 Å². The molecule has 0 aliphatic carbocycles. The summed E-state index contributed by atoms with van der Waals surface area (Å²) in [7, 11) is -4.06. The van der Waals surface area contributed by atoms with Crippen molar-refractivity contribution in [1.82, 2.24) is 0 Å². The Morgan fingerprint density at radius 3 is 1.67 bits per heavy atom. The second-order valence-corrected chi connectivity index (χ2v) is 8.56. The molecule has 27 heavy (non-hydrogen) atoms. The molecule has 0 aliphatic heterocycles. The van der Waals surface area contributed by atoms with Gasteiger partial charge in [0, 0.05) is 6.54 Å². The average Bonchev–Trinajstić information content (AvgIpc) is 2.63. The summed E-state index contributed by atoms with van der Waals surface area (Å²) in [4.78, 5) is -0.0284. The molecule has 0 aromatic heterocycles. The number of rotatable bonds is 13. The number of unbranched alkanes of at least 4 members (excludes halogenated alkanes) is 9. The molecule has 0 amide bonds. The van der Waals surface area contributed by atoms with Crippen molar-refractivity contribution < 1.29 is 18.1 Å². The Balaban J connectivity index is 0.00000119. The van der Waals surface area contributed by atoms with Crippen molar-refractivity contribution in [3.63, 3.8) is 0 Å². The number of nitrogens with two attached hydrogens (primary N) is 1. The highest BCUT2D eigenvalue weighted by molar-refractivity contribution is 7.85. The Kier molecular flexibility index (Phi) is 15.5. The first-order valence-electron chi connectivity index (χ1n) is 10.3. The fourth-order valence-electron chi connectivity index (χ4n) is 2.64. The number of aryl methyl sites for hydroxylation is 1. The average molecular weight is 402 g/mol. The molecule has 0 bridgehead atoms. The van der Waals surface area contributed by atoms with Gasteiger partial charge < -0.3 is 10.8 Å². The molecule has 4 N–H and O–H groups in total. The van der Waals surface area contributed by atoms with E-state index in [4.69, 9.17) is 15.4 Å². The molecule has 0 radical (unpaired) electrons. The van der Waals surface area contributed by atoms with Gasteiger partial charge >= 0.3 is 0 Å². The molecule has 5 nitrogen and oxygen atoms in total. The molecule has 0 aliphatic rings. The standard InChI is InChI=1S/C18H30O3S.C3H9NO/c1-2-3-4-5-6-7-8-9-10-11-12-17-13-15-18(16-14-17)22(19,20)21;1-3(5)2-4/h13-16H,2-12H2,1H3,(H,19,20,21);3,5H,2,4H2,1H3. The molecule has 0 spiro atoms. The monoisotopic (exact) mass is 401 g/mol. The minimum atomic E-state index is -4.06. The highest BCUT2D eigenvalue weighted by Crippen LogP contribution is 2.14. The van der Waals surface area contributed by atoms with Gasteiger partial charge in [-0.2, -0.15) is 8.42 Å². The molecule has 1 aromatic carbocycles. The van der Waals surface area contributed by atoms with E-state index in [1.807, 2.05) is 0 Å². The van der Waals surface area contributed by atoms with Crippen LogP contribution in [0.15, 0.2) is 29.2 Å². The molecular formula is C21H39NO4S. The number of benzene rings is 1. The molecule has 0 saturated carbocycles. The molecule has 1 atom stereocenters. The summed E-state index contributed by atoms with van der Waals surface area (Å²) in [5.74, 6) is 0. The van der Waals surface area contributed by atoms with E-state index in [1.54, 1.807) is 19.1 Å². The quantitative estimate of drug-likeness (QED) is 0.328. The first kappa shape index (κ1) is 26.1. The van der Waals surface area contributed by atoms with Crippen LogP contribution >= 0.6 is 0 Å². The summed E-state index contributed by atoms with van der Waals surface area (Å²) in [6.45, 7) is 4.26. The van der Waals surface area contributed by atoms with Crippen LogP contribution < -0.4 is 5.73 Å². The van der Waals surface area contributed by atoms with E-state index >= 15 is 0 Å². The highest BCUT2D eigenvalue weighted by atomic mass is 32.2. The maximum Gasteiger partial charge on any atom is 0.294 e. The van der Waals surface area contributed by atoms with Crippen LogP contribution in [0, 0.1) is 0 Å². The lowest BCUT2D eigenvalue weighted by molar-refractivity contribution is 0.203. The summed E-state index contributed by atoms with van der Waals surface area (Å²) >= 11 is 0. The first-order chi connectivity index (χ1) is 12.8. The zero-order valence-corrected chi connectivity index (χ0v) is 17.9. The van der Waals surface area contributed by atoms with Crippen LogP contribution in [-0.4, -0.2) is 30.7 Å². The minimum absolute atomic E-state index is 0.0284. The Morgan fingerprint density at radius 1 is 0.889 bits per heavy atom. The summed E-state index contributed by atoms with van der Waals surface area (Å²) < 4.78 is 30.8. The van der Waals surface area contributed by atoms with E-state index in [1.165, 1.54) is 69.9 Å². The highest BCUT2D eigenvalue weighted by Gasteiger charge is 2.08. The molecule has 1 unspecified atom stereocenters. The number of hydrogen-bond acceptors (Lipinski definition) is 4. The predicted octanol–water partition coefficient (Wildman–Crippen LogP) is 4.72. The van der Waals surface area contributed by atoms with Crippen LogP contribution in [0.1, 0.15) is 83.6 Å². The number of aliphatic hydroxyl groups excluding tert-OH is 1. The van der Waals surface area contributed by atoms with Gasteiger partial charge in [0.25, 0.3) is 10.1 Å². The SMILES string of the molecule is CC(O)CN.CCCCCCCCCCCCc1ccc(S(=O)(=O)O)cc1. The minimum Gasteiger partial charge on any atom is -0.392 e. The van der Waals surface area contributed by atoms with E-state index in [0.29, 0.717) is 6.54 Å². The van der Waals surface area contributed by atoms with Gasteiger partial charge in [-0.3, -0.25) is 4.55 Å². The van der Waals surface area contributed by atoms with Crippen molar-refractivity contribution in [1.29, 1.82) is 0 Å². The lowest BCUT2D eigenvalue weighted by atomic mass is 10.0. The van der Waals surface area contributed by atoms with E-state index in [-0.39, 0.29) is 11.0 Å². The van der Waals surface area contributed by atoms with Gasteiger partial charge in [0.05, 0.1) is 11.0 Å². The summed E-state index contributed by atoms with van der Waals surface area (Å²) in [6.07, 6.45) is 13.8. The smallest absolute Gasteiger partial charge is 0.294 e. The molecule has 0 fully saturated rings. The van der Waals surface area contributed by atoms with Crippen LogP contribution in [0.4, 0.5) is 0 Å². The second kappa shape index (κ2) is 16.0. The molecule has 158 valence electrons. The Bertz CT molecular complexity index is 556. The van der Waals surface area contributed by atoms with Crippen LogP contribution in [0.5, 0.6) is 0 Å². The van der Waals surface area contributed by atoms with Crippen LogP contribution in [-0.2, 0) is 16.5 Å². The van der Waals surface area contributed by atoms with Gasteiger partial charge in [0.1, 0.15) is 0 Å². The van der Waals surface area contributed by atoms with Crippen molar-refractivity contribution in [2.75, 3.05) is 6.54 Å². The largest absolute Gasteiger partial charge is 0.392 e. The molecule has 1 aromatic rings. The third-order valence-electron chi connectivity index (χ3n) is 4.38. The van der Waals surface area contributed by atoms with E-state index in [9.17, 15) is 8.42 Å². The first-order valence-corrected chi connectivity index (χ1v) is 11.7. The summed E-state index contributed by atoms with van der Waals surface area (Å²) in [5.41, 5.74) is 6.05. The van der Waals surface area contributed by atoms with Crippen LogP contribution in [0.3, 0.4) is 0 Å². The summed E-state index contributed by atoms with van der Waals surface area (Å²) in [5, 5.41) is 8.24. The van der Waals surface area contributed by atoms with E-state index in [2.05, 4.69) is 6.92 Å². The molecular weight excluding hydrogens is 362 g/mol.